The van der Waals surface area contributed by atoms with Gasteiger partial charge >= 0.3 is 0 Å². The highest BCUT2D eigenvalue weighted by Gasteiger charge is 2.20. The van der Waals surface area contributed by atoms with E-state index in [1.807, 2.05) is 18.2 Å². The first-order valence-corrected chi connectivity index (χ1v) is 8.22. The molecule has 1 aromatic carbocycles. The second-order valence-electron chi connectivity index (χ2n) is 6.51. The van der Waals surface area contributed by atoms with E-state index in [2.05, 4.69) is 24.4 Å². The van der Waals surface area contributed by atoms with E-state index in [-0.39, 0.29) is 5.91 Å². The van der Waals surface area contributed by atoms with Crippen molar-refractivity contribution in [2.75, 3.05) is 6.54 Å². The smallest absolute Gasteiger partial charge is 0.236 e. The molecule has 3 atom stereocenters. The van der Waals surface area contributed by atoms with E-state index in [0.717, 1.165) is 18.9 Å². The number of aryl methyl sites for hydroxylation is 1. The molecule has 3 nitrogen and oxygen atoms in total. The van der Waals surface area contributed by atoms with Crippen molar-refractivity contribution in [1.29, 1.82) is 0 Å². The van der Waals surface area contributed by atoms with Crippen LogP contribution in [0.2, 0.25) is 0 Å². The van der Waals surface area contributed by atoms with Crippen molar-refractivity contribution in [2.45, 2.75) is 51.5 Å². The molecule has 116 valence electrons. The summed E-state index contributed by atoms with van der Waals surface area (Å²) in [6, 6.07) is 9.80. The van der Waals surface area contributed by atoms with E-state index in [1.165, 1.54) is 31.2 Å². The highest BCUT2D eigenvalue weighted by Crippen LogP contribution is 2.27. The van der Waals surface area contributed by atoms with Gasteiger partial charge in [0.25, 0.3) is 0 Å². The normalized spacial score (nSPS) is 23.5. The number of carbonyl (C=O) groups excluding carboxylic acids is 1. The minimum Gasteiger partial charge on any atom is -0.354 e. The van der Waals surface area contributed by atoms with Gasteiger partial charge in [0.05, 0.1) is 6.04 Å². The Balaban J connectivity index is 1.67. The first-order chi connectivity index (χ1) is 10.1. The Labute approximate surface area is 128 Å². The van der Waals surface area contributed by atoms with Crippen molar-refractivity contribution in [3.63, 3.8) is 0 Å². The molecule has 0 spiro atoms. The fourth-order valence-electron chi connectivity index (χ4n) is 3.22. The van der Waals surface area contributed by atoms with Crippen molar-refractivity contribution >= 4 is 5.91 Å². The maximum atomic E-state index is 12.1. The minimum atomic E-state index is -0.397. The predicted octanol–water partition coefficient (Wildman–Crippen LogP) is 2.89. The zero-order valence-electron chi connectivity index (χ0n) is 13.1. The number of nitrogens with two attached hydrogens (primary N) is 1. The molecule has 3 unspecified atom stereocenters. The number of carbonyl (C=O) groups is 1. The molecule has 3 N–H and O–H groups in total. The van der Waals surface area contributed by atoms with Gasteiger partial charge in [-0.2, -0.15) is 0 Å². The molecule has 1 aliphatic carbocycles. The molecule has 3 heteroatoms. The fraction of sp³-hybridized carbons (Fsp3) is 0.611. The summed E-state index contributed by atoms with van der Waals surface area (Å²) in [6.45, 7) is 3.10. The molecular weight excluding hydrogens is 260 g/mol. The van der Waals surface area contributed by atoms with E-state index in [4.69, 9.17) is 5.73 Å². The molecule has 0 aliphatic heterocycles. The Bertz CT molecular complexity index is 432. The first-order valence-electron chi connectivity index (χ1n) is 8.22. The second kappa shape index (κ2) is 8.18. The van der Waals surface area contributed by atoms with Crippen LogP contribution < -0.4 is 11.1 Å². The van der Waals surface area contributed by atoms with E-state index in [0.29, 0.717) is 12.3 Å². The van der Waals surface area contributed by atoms with Gasteiger partial charge in [-0.25, -0.2) is 0 Å². The number of hydrogen-bond acceptors (Lipinski definition) is 2. The van der Waals surface area contributed by atoms with Crippen LogP contribution in [0.4, 0.5) is 0 Å². The topological polar surface area (TPSA) is 55.1 Å². The number of nitrogens with one attached hydrogen (secondary N) is 1. The molecule has 0 aromatic heterocycles. The van der Waals surface area contributed by atoms with Crippen molar-refractivity contribution in [1.82, 2.24) is 5.32 Å². The molecule has 1 amide bonds. The van der Waals surface area contributed by atoms with E-state index >= 15 is 0 Å². The molecule has 2 rings (SSSR count). The maximum absolute atomic E-state index is 12.1. The summed E-state index contributed by atoms with van der Waals surface area (Å²) in [5.41, 5.74) is 7.23. The second-order valence-corrected chi connectivity index (χ2v) is 6.51. The lowest BCUT2D eigenvalue weighted by atomic mass is 9.82. The third-order valence-corrected chi connectivity index (χ3v) is 4.53. The van der Waals surface area contributed by atoms with Gasteiger partial charge in [-0.3, -0.25) is 4.79 Å². The summed E-state index contributed by atoms with van der Waals surface area (Å²) >= 11 is 0. The fourth-order valence-corrected chi connectivity index (χ4v) is 3.22. The third kappa shape index (κ3) is 5.50. The van der Waals surface area contributed by atoms with Crippen LogP contribution in [0.1, 0.15) is 44.6 Å². The number of hydrogen-bond donors (Lipinski definition) is 2. The lowest BCUT2D eigenvalue weighted by molar-refractivity contribution is -0.122. The number of rotatable bonds is 6. The highest BCUT2D eigenvalue weighted by atomic mass is 16.2. The van der Waals surface area contributed by atoms with Gasteiger partial charge in [-0.1, -0.05) is 50.1 Å². The number of benzene rings is 1. The summed E-state index contributed by atoms with van der Waals surface area (Å²) in [5, 5.41) is 3.05. The average molecular weight is 288 g/mol. The molecule has 0 radical (unpaired) electrons. The highest BCUT2D eigenvalue weighted by molar-refractivity contribution is 5.81. The first kappa shape index (κ1) is 16.0. The summed E-state index contributed by atoms with van der Waals surface area (Å²) < 4.78 is 0. The monoisotopic (exact) mass is 288 g/mol. The zero-order valence-corrected chi connectivity index (χ0v) is 13.1. The van der Waals surface area contributed by atoms with Crippen LogP contribution in [0.25, 0.3) is 0 Å². The minimum absolute atomic E-state index is 0.00385. The predicted molar refractivity (Wildman–Crippen MR) is 86.9 cm³/mol. The van der Waals surface area contributed by atoms with Gasteiger partial charge in [0.15, 0.2) is 0 Å². The Morgan fingerprint density at radius 2 is 2.10 bits per heavy atom. The van der Waals surface area contributed by atoms with Crippen molar-refractivity contribution in [3.05, 3.63) is 35.9 Å². The van der Waals surface area contributed by atoms with Gasteiger partial charge in [0.2, 0.25) is 5.91 Å². The van der Waals surface area contributed by atoms with Crippen LogP contribution in [0.15, 0.2) is 30.3 Å². The third-order valence-electron chi connectivity index (χ3n) is 4.53. The molecule has 21 heavy (non-hydrogen) atoms. The van der Waals surface area contributed by atoms with Crippen LogP contribution >= 0.6 is 0 Å². The van der Waals surface area contributed by atoms with Crippen LogP contribution in [0.5, 0.6) is 0 Å². The van der Waals surface area contributed by atoms with Gasteiger partial charge in [-0.15, -0.1) is 0 Å². The largest absolute Gasteiger partial charge is 0.354 e. The van der Waals surface area contributed by atoms with Crippen LogP contribution in [-0.2, 0) is 11.2 Å². The van der Waals surface area contributed by atoms with E-state index in [9.17, 15) is 4.79 Å². The van der Waals surface area contributed by atoms with E-state index < -0.39 is 6.04 Å². The Morgan fingerprint density at radius 1 is 1.33 bits per heavy atom. The SMILES string of the molecule is CC1CCCC(CNC(=O)C(N)CCc2ccccc2)C1. The molecule has 0 heterocycles. The average Bonchev–Trinajstić information content (AvgIpc) is 2.51. The van der Waals surface area contributed by atoms with Crippen LogP contribution in [-0.4, -0.2) is 18.5 Å². The Kier molecular flexibility index (Phi) is 6.24. The lowest BCUT2D eigenvalue weighted by Crippen LogP contribution is -2.43. The Morgan fingerprint density at radius 3 is 2.81 bits per heavy atom. The molecular formula is C18H28N2O. The molecule has 0 saturated heterocycles. The van der Waals surface area contributed by atoms with Crippen molar-refractivity contribution < 1.29 is 4.79 Å². The quantitative estimate of drug-likeness (QED) is 0.845. The molecule has 1 saturated carbocycles. The molecule has 0 bridgehead atoms. The summed E-state index contributed by atoms with van der Waals surface area (Å²) in [6.07, 6.45) is 6.67. The van der Waals surface area contributed by atoms with Gasteiger partial charge in [0.1, 0.15) is 0 Å². The molecule has 1 aromatic rings. The lowest BCUT2D eigenvalue weighted by Gasteiger charge is -2.27. The molecule has 1 aliphatic rings. The van der Waals surface area contributed by atoms with Gasteiger partial charge in [-0.05, 0) is 43.1 Å². The van der Waals surface area contributed by atoms with Crippen molar-refractivity contribution in [3.8, 4) is 0 Å². The standard InChI is InChI=1S/C18H28N2O/c1-14-6-5-9-16(12-14)13-20-18(21)17(19)11-10-15-7-3-2-4-8-15/h2-4,7-8,14,16-17H,5-6,9-13,19H2,1H3,(H,20,21). The van der Waals surface area contributed by atoms with Crippen LogP contribution in [0, 0.1) is 11.8 Å². The van der Waals surface area contributed by atoms with Crippen molar-refractivity contribution in [2.24, 2.45) is 17.6 Å². The summed E-state index contributed by atoms with van der Waals surface area (Å²) in [5.74, 6) is 1.44. The summed E-state index contributed by atoms with van der Waals surface area (Å²) in [7, 11) is 0. The number of amides is 1. The maximum Gasteiger partial charge on any atom is 0.236 e. The van der Waals surface area contributed by atoms with Crippen LogP contribution in [0.3, 0.4) is 0 Å². The molecule has 1 fully saturated rings. The zero-order chi connectivity index (χ0) is 15.1. The Hall–Kier alpha value is -1.35. The van der Waals surface area contributed by atoms with Gasteiger partial charge in [0, 0.05) is 6.54 Å². The van der Waals surface area contributed by atoms with E-state index in [1.54, 1.807) is 0 Å². The van der Waals surface area contributed by atoms with Gasteiger partial charge < -0.3 is 11.1 Å². The summed E-state index contributed by atoms with van der Waals surface area (Å²) in [4.78, 5) is 12.1.